The molecule has 1 aromatic carbocycles. The number of ether oxygens (including phenoxy) is 2. The lowest BCUT2D eigenvalue weighted by Gasteiger charge is -2.14. The highest BCUT2D eigenvalue weighted by molar-refractivity contribution is 5.82. The number of hydrogen-bond donors (Lipinski definition) is 1. The van der Waals surface area contributed by atoms with Crippen LogP contribution in [0.25, 0.3) is 16.8 Å². The Kier molecular flexibility index (Phi) is 4.23. The minimum atomic E-state index is 0.627. The van der Waals surface area contributed by atoms with Gasteiger partial charge >= 0.3 is 0 Å². The van der Waals surface area contributed by atoms with Gasteiger partial charge in [-0.05, 0) is 61.9 Å². The fourth-order valence-corrected chi connectivity index (χ4v) is 3.53. The number of fused-ring (bicyclic) bond motifs is 1. The van der Waals surface area contributed by atoms with Crippen LogP contribution in [-0.4, -0.2) is 30.4 Å². The number of aryl methyl sites for hydroxylation is 2. The van der Waals surface area contributed by atoms with E-state index in [1.165, 1.54) is 18.4 Å². The molecule has 1 N–H and O–H groups in total. The molecule has 0 amide bonds. The standard InChI is InChI=1S/C21H25N3O2/c1-13-10-14(2)19(18(11-13)25-3)16-6-5-7-17-20(22-12-15-8-9-15)21(26-4)23-24(16)17/h5-7,10-11,15,22H,8-9,12H2,1-4H3. The van der Waals surface area contributed by atoms with Crippen molar-refractivity contribution in [2.75, 3.05) is 26.1 Å². The molecule has 1 aliphatic rings. The van der Waals surface area contributed by atoms with Crippen molar-refractivity contribution in [3.8, 4) is 22.9 Å². The van der Waals surface area contributed by atoms with Crippen molar-refractivity contribution in [1.82, 2.24) is 9.61 Å². The second-order valence-corrected chi connectivity index (χ2v) is 7.08. The first-order valence-corrected chi connectivity index (χ1v) is 9.07. The molecule has 0 unspecified atom stereocenters. The number of anilines is 1. The van der Waals surface area contributed by atoms with Crippen molar-refractivity contribution < 1.29 is 9.47 Å². The topological polar surface area (TPSA) is 47.8 Å². The fourth-order valence-electron chi connectivity index (χ4n) is 3.53. The minimum Gasteiger partial charge on any atom is -0.496 e. The highest BCUT2D eigenvalue weighted by atomic mass is 16.5. The first kappa shape index (κ1) is 16.8. The summed E-state index contributed by atoms with van der Waals surface area (Å²) in [4.78, 5) is 0. The van der Waals surface area contributed by atoms with E-state index in [9.17, 15) is 0 Å². The van der Waals surface area contributed by atoms with Crippen LogP contribution in [0.5, 0.6) is 11.6 Å². The third-order valence-corrected chi connectivity index (χ3v) is 5.00. The zero-order valence-corrected chi connectivity index (χ0v) is 15.8. The first-order valence-electron chi connectivity index (χ1n) is 9.07. The molecule has 5 heteroatoms. The van der Waals surface area contributed by atoms with E-state index in [1.54, 1.807) is 14.2 Å². The molecule has 0 saturated heterocycles. The molecule has 0 atom stereocenters. The Bertz CT molecular complexity index is 958. The van der Waals surface area contributed by atoms with E-state index < -0.39 is 0 Å². The van der Waals surface area contributed by atoms with E-state index in [0.717, 1.165) is 46.2 Å². The second-order valence-electron chi connectivity index (χ2n) is 7.08. The van der Waals surface area contributed by atoms with Gasteiger partial charge in [0.15, 0.2) is 0 Å². The summed E-state index contributed by atoms with van der Waals surface area (Å²) >= 11 is 0. The molecule has 0 bridgehead atoms. The Morgan fingerprint density at radius 3 is 2.65 bits per heavy atom. The van der Waals surface area contributed by atoms with E-state index >= 15 is 0 Å². The van der Waals surface area contributed by atoms with Crippen molar-refractivity contribution in [1.29, 1.82) is 0 Å². The van der Waals surface area contributed by atoms with Gasteiger partial charge in [0.25, 0.3) is 5.88 Å². The third-order valence-electron chi connectivity index (χ3n) is 5.00. The maximum atomic E-state index is 5.67. The van der Waals surface area contributed by atoms with Crippen LogP contribution in [0.1, 0.15) is 24.0 Å². The Morgan fingerprint density at radius 2 is 1.96 bits per heavy atom. The lowest BCUT2D eigenvalue weighted by molar-refractivity contribution is 0.396. The predicted molar refractivity (Wildman–Crippen MR) is 104 cm³/mol. The number of nitrogens with one attached hydrogen (secondary N) is 1. The number of benzene rings is 1. The van der Waals surface area contributed by atoms with Gasteiger partial charge < -0.3 is 14.8 Å². The molecule has 0 spiro atoms. The molecule has 26 heavy (non-hydrogen) atoms. The zero-order valence-electron chi connectivity index (χ0n) is 15.8. The van der Waals surface area contributed by atoms with E-state index in [1.807, 2.05) is 4.52 Å². The summed E-state index contributed by atoms with van der Waals surface area (Å²) in [6, 6.07) is 10.4. The van der Waals surface area contributed by atoms with Crippen LogP contribution in [0.4, 0.5) is 5.69 Å². The molecular weight excluding hydrogens is 326 g/mol. The molecule has 1 aliphatic carbocycles. The minimum absolute atomic E-state index is 0.627. The van der Waals surface area contributed by atoms with Crippen molar-refractivity contribution in [3.63, 3.8) is 0 Å². The number of hydrogen-bond acceptors (Lipinski definition) is 4. The first-order chi connectivity index (χ1) is 12.6. The summed E-state index contributed by atoms with van der Waals surface area (Å²) in [5.74, 6) is 2.26. The molecule has 2 aromatic heterocycles. The zero-order chi connectivity index (χ0) is 18.3. The molecule has 4 rings (SSSR count). The number of pyridine rings is 1. The van der Waals surface area contributed by atoms with Gasteiger partial charge in [0.2, 0.25) is 0 Å². The number of methoxy groups -OCH3 is 2. The Hall–Kier alpha value is -2.69. The van der Waals surface area contributed by atoms with Crippen LogP contribution in [-0.2, 0) is 0 Å². The van der Waals surface area contributed by atoms with Crippen LogP contribution >= 0.6 is 0 Å². The second kappa shape index (κ2) is 6.56. The van der Waals surface area contributed by atoms with Gasteiger partial charge in [0.05, 0.1) is 25.4 Å². The number of nitrogens with zero attached hydrogens (tertiary/aromatic N) is 2. The third kappa shape index (κ3) is 2.87. The van der Waals surface area contributed by atoms with Crippen LogP contribution in [0.3, 0.4) is 0 Å². The summed E-state index contributed by atoms with van der Waals surface area (Å²) in [5.41, 5.74) is 6.38. The van der Waals surface area contributed by atoms with Gasteiger partial charge in [-0.15, -0.1) is 5.10 Å². The van der Waals surface area contributed by atoms with Crippen LogP contribution in [0.15, 0.2) is 30.3 Å². The lowest BCUT2D eigenvalue weighted by Crippen LogP contribution is -2.04. The molecule has 1 fully saturated rings. The molecule has 0 aliphatic heterocycles. The predicted octanol–water partition coefficient (Wildman–Crippen LogP) is 4.46. The average molecular weight is 351 g/mol. The SMILES string of the molecule is COc1cc(C)cc(C)c1-c1cccc2c(NCC3CC3)c(OC)nn12. The number of rotatable bonds is 6. The van der Waals surface area contributed by atoms with Gasteiger partial charge in [-0.25, -0.2) is 4.52 Å². The molecule has 136 valence electrons. The monoisotopic (exact) mass is 351 g/mol. The summed E-state index contributed by atoms with van der Waals surface area (Å²) in [6.07, 6.45) is 2.61. The maximum absolute atomic E-state index is 5.67. The lowest BCUT2D eigenvalue weighted by atomic mass is 10.0. The van der Waals surface area contributed by atoms with Crippen LogP contribution in [0.2, 0.25) is 0 Å². The largest absolute Gasteiger partial charge is 0.496 e. The quantitative estimate of drug-likeness (QED) is 0.712. The number of aromatic nitrogens is 2. The Morgan fingerprint density at radius 1 is 1.15 bits per heavy atom. The summed E-state index contributed by atoms with van der Waals surface area (Å²) < 4.78 is 13.2. The molecule has 0 radical (unpaired) electrons. The van der Waals surface area contributed by atoms with Gasteiger partial charge in [-0.1, -0.05) is 12.1 Å². The van der Waals surface area contributed by atoms with E-state index in [-0.39, 0.29) is 0 Å². The van der Waals surface area contributed by atoms with E-state index in [2.05, 4.69) is 49.5 Å². The molecular formula is C21H25N3O2. The van der Waals surface area contributed by atoms with Crippen LogP contribution < -0.4 is 14.8 Å². The summed E-state index contributed by atoms with van der Waals surface area (Å²) in [7, 11) is 3.38. The van der Waals surface area contributed by atoms with Crippen LogP contribution in [0, 0.1) is 19.8 Å². The van der Waals surface area contributed by atoms with E-state index in [0.29, 0.717) is 5.88 Å². The molecule has 2 heterocycles. The normalized spacial score (nSPS) is 13.8. The molecule has 3 aromatic rings. The smallest absolute Gasteiger partial charge is 0.257 e. The summed E-state index contributed by atoms with van der Waals surface area (Å²) in [6.45, 7) is 5.15. The van der Waals surface area contributed by atoms with Crippen molar-refractivity contribution >= 4 is 11.2 Å². The highest BCUT2D eigenvalue weighted by Crippen LogP contribution is 2.38. The van der Waals surface area contributed by atoms with Crippen molar-refractivity contribution in [3.05, 3.63) is 41.5 Å². The Labute approximate surface area is 153 Å². The maximum Gasteiger partial charge on any atom is 0.257 e. The molecule has 1 saturated carbocycles. The average Bonchev–Trinajstić information content (AvgIpc) is 3.38. The van der Waals surface area contributed by atoms with Gasteiger partial charge in [-0.3, -0.25) is 0 Å². The highest BCUT2D eigenvalue weighted by Gasteiger charge is 2.24. The summed E-state index contributed by atoms with van der Waals surface area (Å²) in [5, 5.41) is 8.26. The fraction of sp³-hybridized carbons (Fsp3) is 0.381. The molecule has 5 nitrogen and oxygen atoms in total. The Balaban J connectivity index is 1.89. The van der Waals surface area contributed by atoms with Crippen molar-refractivity contribution in [2.24, 2.45) is 5.92 Å². The van der Waals surface area contributed by atoms with Gasteiger partial charge in [0, 0.05) is 12.1 Å². The van der Waals surface area contributed by atoms with E-state index in [4.69, 9.17) is 14.6 Å². The van der Waals surface area contributed by atoms with Crippen molar-refractivity contribution in [2.45, 2.75) is 26.7 Å². The van der Waals surface area contributed by atoms with Gasteiger partial charge in [0.1, 0.15) is 11.4 Å². The van der Waals surface area contributed by atoms with Gasteiger partial charge in [-0.2, -0.15) is 0 Å².